The molecule has 3 rings (SSSR count). The quantitative estimate of drug-likeness (QED) is 0.722. The van der Waals surface area contributed by atoms with E-state index in [9.17, 15) is 4.79 Å². The molecule has 1 aromatic heterocycles. The number of carbonyl (C=O) groups is 1. The van der Waals surface area contributed by atoms with Crippen LogP contribution in [-0.4, -0.2) is 5.78 Å². The van der Waals surface area contributed by atoms with E-state index in [-0.39, 0.29) is 0 Å². The lowest BCUT2D eigenvalue weighted by Gasteiger charge is -2.11. The first-order chi connectivity index (χ1) is 9.33. The summed E-state index contributed by atoms with van der Waals surface area (Å²) in [6.45, 7) is 0. The van der Waals surface area contributed by atoms with Crippen LogP contribution in [-0.2, 0) is 11.2 Å². The summed E-state index contributed by atoms with van der Waals surface area (Å²) in [7, 11) is 0. The predicted molar refractivity (Wildman–Crippen MR) is 81.7 cm³/mol. The van der Waals surface area contributed by atoms with Gasteiger partial charge in [-0.3, -0.25) is 4.79 Å². The van der Waals surface area contributed by atoms with E-state index in [4.69, 9.17) is 0 Å². The number of benzene rings is 1. The van der Waals surface area contributed by atoms with E-state index in [2.05, 4.69) is 29.7 Å². The molecule has 1 heterocycles. The summed E-state index contributed by atoms with van der Waals surface area (Å²) in [6, 6.07) is 8.34. The van der Waals surface area contributed by atoms with Gasteiger partial charge >= 0.3 is 0 Å². The molecule has 0 aliphatic heterocycles. The van der Waals surface area contributed by atoms with Crippen LogP contribution in [0.2, 0.25) is 0 Å². The third-order valence-corrected chi connectivity index (χ3v) is 4.77. The van der Waals surface area contributed by atoms with E-state index in [0.717, 1.165) is 12.8 Å². The third-order valence-electron chi connectivity index (χ3n) is 3.76. The molecule has 1 aliphatic carbocycles. The molecule has 0 amide bonds. The normalized spacial score (nSPS) is 15.5. The lowest BCUT2D eigenvalue weighted by atomic mass is 9.94. The van der Waals surface area contributed by atoms with E-state index < -0.39 is 0 Å². The van der Waals surface area contributed by atoms with Crippen molar-refractivity contribution in [2.75, 3.05) is 0 Å². The molecule has 0 fully saturated rings. The van der Waals surface area contributed by atoms with Crippen LogP contribution in [0.15, 0.2) is 41.3 Å². The van der Waals surface area contributed by atoms with Crippen molar-refractivity contribution < 1.29 is 4.79 Å². The average molecular weight is 270 g/mol. The Bertz CT molecular complexity index is 621. The van der Waals surface area contributed by atoms with Crippen LogP contribution in [0.3, 0.4) is 0 Å². The third kappa shape index (κ3) is 2.95. The van der Waals surface area contributed by atoms with Crippen molar-refractivity contribution in [3.05, 3.63) is 46.9 Å². The zero-order valence-corrected chi connectivity index (χ0v) is 11.8. The molecule has 2 aromatic rings. The number of hydrogen-bond donors (Lipinski definition) is 0. The van der Waals surface area contributed by atoms with Gasteiger partial charge < -0.3 is 0 Å². The van der Waals surface area contributed by atoms with Gasteiger partial charge in [0.15, 0.2) is 0 Å². The molecule has 1 aliphatic rings. The zero-order valence-electron chi connectivity index (χ0n) is 11.0. The van der Waals surface area contributed by atoms with Crippen molar-refractivity contribution >= 4 is 27.2 Å². The molecule has 98 valence electrons. The molecule has 1 nitrogen and oxygen atoms in total. The van der Waals surface area contributed by atoms with Gasteiger partial charge in [-0.1, -0.05) is 29.8 Å². The highest BCUT2D eigenvalue weighted by molar-refractivity contribution is 7.17. The van der Waals surface area contributed by atoms with Gasteiger partial charge in [-0.2, -0.15) is 0 Å². The molecule has 0 atom stereocenters. The maximum atomic E-state index is 12.2. The van der Waals surface area contributed by atoms with E-state index >= 15 is 0 Å². The Balaban J connectivity index is 1.70. The molecule has 0 radical (unpaired) electrons. The Hall–Kier alpha value is -1.41. The first kappa shape index (κ1) is 12.6. The first-order valence-electron chi connectivity index (χ1n) is 6.97. The fourth-order valence-electron chi connectivity index (χ4n) is 2.76. The summed E-state index contributed by atoms with van der Waals surface area (Å²) >= 11 is 1.74. The van der Waals surface area contributed by atoms with Crippen molar-refractivity contribution in [3.63, 3.8) is 0 Å². The van der Waals surface area contributed by atoms with Crippen LogP contribution in [0.25, 0.3) is 10.1 Å². The van der Waals surface area contributed by atoms with Crippen LogP contribution in [0.1, 0.15) is 37.7 Å². The van der Waals surface area contributed by atoms with Crippen LogP contribution < -0.4 is 0 Å². The Kier molecular flexibility index (Phi) is 3.79. The number of carbonyl (C=O) groups excluding carboxylic acids is 1. The summed E-state index contributed by atoms with van der Waals surface area (Å²) < 4.78 is 1.28. The minimum absolute atomic E-state index is 0.358. The number of thiophene rings is 1. The lowest BCUT2D eigenvalue weighted by Crippen LogP contribution is -2.05. The minimum Gasteiger partial charge on any atom is -0.299 e. The van der Waals surface area contributed by atoms with Gasteiger partial charge in [-0.25, -0.2) is 0 Å². The Labute approximate surface area is 118 Å². The highest BCUT2D eigenvalue weighted by Gasteiger charge is 2.12. The van der Waals surface area contributed by atoms with E-state index in [1.807, 2.05) is 6.07 Å². The number of hydrogen-bond acceptors (Lipinski definition) is 2. The van der Waals surface area contributed by atoms with E-state index in [0.29, 0.717) is 18.6 Å². The number of allylic oxidation sites excluding steroid dienone is 2. The fraction of sp³-hybridized carbons (Fsp3) is 0.353. The Morgan fingerprint density at radius 3 is 2.89 bits per heavy atom. The Morgan fingerprint density at radius 2 is 2.05 bits per heavy atom. The molecule has 0 spiro atoms. The smallest absolute Gasteiger partial charge is 0.141 e. The predicted octanol–water partition coefficient (Wildman–Crippen LogP) is 4.90. The van der Waals surface area contributed by atoms with E-state index in [1.165, 1.54) is 34.1 Å². The maximum absolute atomic E-state index is 12.2. The van der Waals surface area contributed by atoms with Crippen LogP contribution in [0.4, 0.5) is 0 Å². The molecule has 0 N–H and O–H groups in total. The van der Waals surface area contributed by atoms with Gasteiger partial charge in [-0.05, 0) is 48.1 Å². The number of fused-ring (bicyclic) bond motifs is 1. The van der Waals surface area contributed by atoms with Gasteiger partial charge in [-0.15, -0.1) is 11.3 Å². The standard InChI is InChI=1S/C17H18OS/c18-15(10-13-6-2-1-3-7-13)11-14-12-19-17-9-5-4-8-16(14)17/h4-6,8-9,12H,1-3,7,10-11H2. The second-order valence-electron chi connectivity index (χ2n) is 5.26. The SMILES string of the molecule is O=C(CC1=CCCCC1)Cc1csc2ccccc12. The molecule has 0 saturated carbocycles. The first-order valence-corrected chi connectivity index (χ1v) is 7.85. The number of ketones is 1. The highest BCUT2D eigenvalue weighted by Crippen LogP contribution is 2.27. The highest BCUT2D eigenvalue weighted by atomic mass is 32.1. The lowest BCUT2D eigenvalue weighted by molar-refractivity contribution is -0.117. The van der Waals surface area contributed by atoms with Crippen molar-refractivity contribution in [1.82, 2.24) is 0 Å². The summed E-state index contributed by atoms with van der Waals surface area (Å²) in [5, 5.41) is 3.39. The van der Waals surface area contributed by atoms with Crippen LogP contribution in [0, 0.1) is 0 Å². The fourth-order valence-corrected chi connectivity index (χ4v) is 3.73. The van der Waals surface area contributed by atoms with Crippen molar-refractivity contribution in [2.45, 2.75) is 38.5 Å². The monoisotopic (exact) mass is 270 g/mol. The summed E-state index contributed by atoms with van der Waals surface area (Å²) in [4.78, 5) is 12.2. The minimum atomic E-state index is 0.358. The maximum Gasteiger partial charge on any atom is 0.141 e. The average Bonchev–Trinajstić information content (AvgIpc) is 2.83. The molecular formula is C17H18OS. The second kappa shape index (κ2) is 5.70. The van der Waals surface area contributed by atoms with Gasteiger partial charge in [0.2, 0.25) is 0 Å². The zero-order chi connectivity index (χ0) is 13.1. The van der Waals surface area contributed by atoms with Gasteiger partial charge in [0, 0.05) is 17.5 Å². The molecule has 19 heavy (non-hydrogen) atoms. The summed E-state index contributed by atoms with van der Waals surface area (Å²) in [5.41, 5.74) is 2.55. The van der Waals surface area contributed by atoms with Crippen molar-refractivity contribution in [3.8, 4) is 0 Å². The van der Waals surface area contributed by atoms with Crippen molar-refractivity contribution in [1.29, 1.82) is 0 Å². The molecule has 0 bridgehead atoms. The van der Waals surface area contributed by atoms with Gasteiger partial charge in [0.25, 0.3) is 0 Å². The second-order valence-corrected chi connectivity index (χ2v) is 6.17. The molecule has 2 heteroatoms. The largest absolute Gasteiger partial charge is 0.299 e. The molecular weight excluding hydrogens is 252 g/mol. The van der Waals surface area contributed by atoms with Gasteiger partial charge in [0.1, 0.15) is 5.78 Å². The number of rotatable bonds is 4. The molecule has 0 saturated heterocycles. The summed E-state index contributed by atoms with van der Waals surface area (Å²) in [6.07, 6.45) is 8.33. The number of Topliss-reactive ketones (excluding diaryl/α,β-unsaturated/α-hetero) is 1. The van der Waals surface area contributed by atoms with Crippen LogP contribution in [0.5, 0.6) is 0 Å². The Morgan fingerprint density at radius 1 is 1.16 bits per heavy atom. The van der Waals surface area contributed by atoms with Gasteiger partial charge in [0.05, 0.1) is 0 Å². The topological polar surface area (TPSA) is 17.1 Å². The molecule has 1 aromatic carbocycles. The van der Waals surface area contributed by atoms with Crippen LogP contribution >= 0.6 is 11.3 Å². The molecule has 0 unspecified atom stereocenters. The van der Waals surface area contributed by atoms with Crippen molar-refractivity contribution in [2.24, 2.45) is 0 Å². The van der Waals surface area contributed by atoms with E-state index in [1.54, 1.807) is 11.3 Å². The summed E-state index contributed by atoms with van der Waals surface area (Å²) in [5.74, 6) is 0.358.